The maximum Gasteiger partial charge on any atom is 0.490 e. The number of nitrogen functional groups attached to an aromatic ring is 1. The molecule has 0 aliphatic heterocycles. The quantitative estimate of drug-likeness (QED) is 0.302. The van der Waals surface area contributed by atoms with Crippen LogP contribution in [-0.2, 0) is 27.2 Å². The number of fused-ring (bicyclic) bond motifs is 1. The first-order valence-corrected chi connectivity index (χ1v) is 12.2. The first-order valence-electron chi connectivity index (χ1n) is 11.4. The molecule has 0 saturated heterocycles. The highest BCUT2D eigenvalue weighted by Gasteiger charge is 2.43. The Labute approximate surface area is 216 Å². The van der Waals surface area contributed by atoms with E-state index in [0.29, 0.717) is 37.2 Å². The standard InChI is InChI=1S/C24H23F3N2O3S.C2H4O2/c1-13-3-4-16(12-19(13)28)22-29-20(14(2)33-22)9-10-31-17-6-7-18-15(11-17)5-8-21(18)32-23(30)24(25,26)27;1-2(3)4/h3-4,6-7,11-12,21H,5,8-10,28H2,1-2H3;1H3,(H,3,4). The zero-order valence-electron chi connectivity index (χ0n) is 20.5. The van der Waals surface area contributed by atoms with E-state index in [9.17, 15) is 18.0 Å². The molecular formula is C26H27F3N2O5S. The molecule has 1 heterocycles. The third-order valence-corrected chi connectivity index (χ3v) is 6.71. The number of benzene rings is 2. The van der Waals surface area contributed by atoms with Crippen LogP contribution in [0.25, 0.3) is 10.6 Å². The van der Waals surface area contributed by atoms with Crippen molar-refractivity contribution in [3.63, 3.8) is 0 Å². The number of carboxylic acid groups (broad SMARTS) is 1. The van der Waals surface area contributed by atoms with Crippen LogP contribution in [0.1, 0.15) is 46.7 Å². The summed E-state index contributed by atoms with van der Waals surface area (Å²) in [7, 11) is 0. The Morgan fingerprint density at radius 1 is 1.19 bits per heavy atom. The molecule has 7 nitrogen and oxygen atoms in total. The predicted molar refractivity (Wildman–Crippen MR) is 134 cm³/mol. The minimum Gasteiger partial charge on any atom is -0.493 e. The van der Waals surface area contributed by atoms with Crippen LogP contribution in [0.4, 0.5) is 18.9 Å². The molecule has 0 spiro atoms. The van der Waals surface area contributed by atoms with E-state index < -0.39 is 24.2 Å². The van der Waals surface area contributed by atoms with E-state index in [1.807, 2.05) is 32.0 Å². The number of ether oxygens (including phenoxy) is 2. The first-order chi connectivity index (χ1) is 17.3. The van der Waals surface area contributed by atoms with Gasteiger partial charge in [-0.1, -0.05) is 18.2 Å². The molecule has 0 saturated carbocycles. The van der Waals surface area contributed by atoms with Gasteiger partial charge in [-0.3, -0.25) is 4.79 Å². The van der Waals surface area contributed by atoms with Crippen LogP contribution in [0.2, 0.25) is 0 Å². The van der Waals surface area contributed by atoms with Gasteiger partial charge in [0.1, 0.15) is 16.9 Å². The number of aryl methyl sites for hydroxylation is 3. The van der Waals surface area contributed by atoms with Crippen molar-refractivity contribution in [2.45, 2.75) is 52.3 Å². The minimum atomic E-state index is -4.99. The molecule has 2 aromatic carbocycles. The highest BCUT2D eigenvalue weighted by molar-refractivity contribution is 7.15. The van der Waals surface area contributed by atoms with Crippen molar-refractivity contribution in [3.05, 3.63) is 63.7 Å². The molecule has 11 heteroatoms. The van der Waals surface area contributed by atoms with Gasteiger partial charge in [0.25, 0.3) is 5.97 Å². The summed E-state index contributed by atoms with van der Waals surface area (Å²) < 4.78 is 47.9. The monoisotopic (exact) mass is 536 g/mol. The van der Waals surface area contributed by atoms with Gasteiger partial charge in [-0.15, -0.1) is 11.3 Å². The summed E-state index contributed by atoms with van der Waals surface area (Å²) in [4.78, 5) is 26.0. The van der Waals surface area contributed by atoms with Crippen LogP contribution in [0, 0.1) is 13.8 Å². The lowest BCUT2D eigenvalue weighted by molar-refractivity contribution is -0.205. The van der Waals surface area contributed by atoms with E-state index in [-0.39, 0.29) is 0 Å². The third-order valence-electron chi connectivity index (χ3n) is 5.64. The average molecular weight is 537 g/mol. The van der Waals surface area contributed by atoms with Crippen LogP contribution in [0.3, 0.4) is 0 Å². The molecule has 1 aliphatic carbocycles. The number of alkyl halides is 3. The molecule has 1 atom stereocenters. The van der Waals surface area contributed by atoms with Crippen LogP contribution >= 0.6 is 11.3 Å². The lowest BCUT2D eigenvalue weighted by atomic mass is 10.1. The van der Waals surface area contributed by atoms with Crippen molar-refractivity contribution in [1.29, 1.82) is 0 Å². The number of anilines is 1. The maximum absolute atomic E-state index is 12.5. The van der Waals surface area contributed by atoms with Crippen LogP contribution in [-0.4, -0.2) is 34.8 Å². The lowest BCUT2D eigenvalue weighted by Crippen LogP contribution is -2.26. The zero-order chi connectivity index (χ0) is 27.3. The Balaban J connectivity index is 0.000000886. The molecular weight excluding hydrogens is 509 g/mol. The molecule has 0 radical (unpaired) electrons. The topological polar surface area (TPSA) is 112 Å². The molecule has 3 aromatic rings. The maximum atomic E-state index is 12.5. The number of esters is 1. The molecule has 4 rings (SSSR count). The Bertz CT molecular complexity index is 1290. The summed E-state index contributed by atoms with van der Waals surface area (Å²) in [6.45, 7) is 5.47. The summed E-state index contributed by atoms with van der Waals surface area (Å²) in [5.41, 5.74) is 11.1. The Morgan fingerprint density at radius 2 is 1.89 bits per heavy atom. The molecule has 3 N–H and O–H groups in total. The average Bonchev–Trinajstić information content (AvgIpc) is 3.37. The second-order valence-electron chi connectivity index (χ2n) is 8.50. The predicted octanol–water partition coefficient (Wildman–Crippen LogP) is 5.81. The zero-order valence-corrected chi connectivity index (χ0v) is 21.3. The number of nitrogens with zero attached hydrogens (tertiary/aromatic N) is 1. The smallest absolute Gasteiger partial charge is 0.490 e. The van der Waals surface area contributed by atoms with Crippen molar-refractivity contribution in [2.24, 2.45) is 0 Å². The highest BCUT2D eigenvalue weighted by atomic mass is 32.1. The number of rotatable bonds is 6. The minimum absolute atomic E-state index is 0.324. The van der Waals surface area contributed by atoms with E-state index in [1.165, 1.54) is 0 Å². The van der Waals surface area contributed by atoms with Crippen molar-refractivity contribution in [2.75, 3.05) is 12.3 Å². The fourth-order valence-corrected chi connectivity index (χ4v) is 4.74. The summed E-state index contributed by atoms with van der Waals surface area (Å²) in [5.74, 6) is -2.37. The number of halogens is 3. The number of carbonyl (C=O) groups is 2. The number of hydrogen-bond acceptors (Lipinski definition) is 7. The van der Waals surface area contributed by atoms with Gasteiger partial charge in [0.05, 0.1) is 12.3 Å². The fraction of sp³-hybridized carbons (Fsp3) is 0.346. The Morgan fingerprint density at radius 3 is 2.54 bits per heavy atom. The van der Waals surface area contributed by atoms with Crippen LogP contribution in [0.5, 0.6) is 5.75 Å². The molecule has 1 unspecified atom stereocenters. The van der Waals surface area contributed by atoms with E-state index in [1.54, 1.807) is 29.5 Å². The normalized spacial score (nSPS) is 14.4. The molecule has 198 valence electrons. The number of carbonyl (C=O) groups excluding carboxylic acids is 1. The van der Waals surface area contributed by atoms with Crippen molar-refractivity contribution in [1.82, 2.24) is 4.98 Å². The Hall–Kier alpha value is -3.60. The van der Waals surface area contributed by atoms with Gasteiger partial charge in [-0.2, -0.15) is 13.2 Å². The second-order valence-corrected chi connectivity index (χ2v) is 9.70. The number of nitrogens with two attached hydrogens (primary N) is 1. The van der Waals surface area contributed by atoms with Gasteiger partial charge in [0.15, 0.2) is 0 Å². The van der Waals surface area contributed by atoms with E-state index >= 15 is 0 Å². The summed E-state index contributed by atoms with van der Waals surface area (Å²) in [5, 5.41) is 8.33. The highest BCUT2D eigenvalue weighted by Crippen LogP contribution is 2.37. The van der Waals surface area contributed by atoms with Crippen LogP contribution in [0.15, 0.2) is 36.4 Å². The van der Waals surface area contributed by atoms with E-state index in [0.717, 1.165) is 44.9 Å². The molecule has 0 amide bonds. The summed E-state index contributed by atoms with van der Waals surface area (Å²) in [6.07, 6.45) is -4.41. The van der Waals surface area contributed by atoms with E-state index in [4.69, 9.17) is 25.4 Å². The molecule has 0 fully saturated rings. The number of aromatic nitrogens is 1. The first kappa shape index (κ1) is 28.0. The summed E-state index contributed by atoms with van der Waals surface area (Å²) in [6, 6.07) is 11.1. The van der Waals surface area contributed by atoms with Gasteiger partial charge < -0.3 is 20.3 Å². The number of aliphatic carboxylic acids is 1. The fourth-order valence-electron chi connectivity index (χ4n) is 3.79. The van der Waals surface area contributed by atoms with Gasteiger partial charge in [-0.05, 0) is 61.6 Å². The van der Waals surface area contributed by atoms with Crippen LogP contribution < -0.4 is 10.5 Å². The lowest BCUT2D eigenvalue weighted by Gasteiger charge is -2.15. The van der Waals surface area contributed by atoms with Crippen molar-refractivity contribution in [3.8, 4) is 16.3 Å². The van der Waals surface area contributed by atoms with Gasteiger partial charge in [0, 0.05) is 29.5 Å². The summed E-state index contributed by atoms with van der Waals surface area (Å²) >= 11 is 1.61. The van der Waals surface area contributed by atoms with Gasteiger partial charge in [0.2, 0.25) is 0 Å². The molecule has 1 aromatic heterocycles. The number of thiazole rings is 1. The third kappa shape index (κ3) is 7.45. The van der Waals surface area contributed by atoms with Gasteiger partial charge in [-0.25, -0.2) is 9.78 Å². The van der Waals surface area contributed by atoms with Crippen molar-refractivity contribution >= 4 is 29.0 Å². The number of hydrogen-bond donors (Lipinski definition) is 2. The van der Waals surface area contributed by atoms with E-state index in [2.05, 4.69) is 4.74 Å². The molecule has 37 heavy (non-hydrogen) atoms. The second kappa shape index (κ2) is 11.6. The molecule has 0 bridgehead atoms. The number of carboxylic acids is 1. The van der Waals surface area contributed by atoms with Crippen molar-refractivity contribution < 1.29 is 37.3 Å². The van der Waals surface area contributed by atoms with Gasteiger partial charge >= 0.3 is 12.1 Å². The largest absolute Gasteiger partial charge is 0.493 e. The molecule has 1 aliphatic rings. The SMILES string of the molecule is CC(=O)O.Cc1ccc(-c2nc(CCOc3ccc4c(c3)CCC4OC(=O)C(F)(F)F)c(C)s2)cc1N. The Kier molecular flexibility index (Phi) is 8.80.